The number of nitrogens with zero attached hydrogens (tertiary/aromatic N) is 3. The standard InChI is InChI=1S/C30H30F2N4O2/c1-20-29(23-4-2-3-5-25(23)32)33-26-18-21(31)6-8-24(26)30(20)34-27-19-22(35-10-14-37-15-11-35)7-9-28(27)36-12-16-38-17-13-36/h2-9,18-19H,10-17H2,1H3,(H,33,34). The van der Waals surface area contributed by atoms with Gasteiger partial charge in [-0.25, -0.2) is 13.8 Å². The van der Waals surface area contributed by atoms with Gasteiger partial charge in [0.05, 0.1) is 54.7 Å². The molecule has 6 rings (SSSR count). The van der Waals surface area contributed by atoms with Gasteiger partial charge in [-0.1, -0.05) is 12.1 Å². The van der Waals surface area contributed by atoms with Gasteiger partial charge in [-0.3, -0.25) is 0 Å². The molecule has 2 aliphatic rings. The Labute approximate surface area is 220 Å². The van der Waals surface area contributed by atoms with E-state index in [0.29, 0.717) is 43.2 Å². The zero-order valence-electron chi connectivity index (χ0n) is 21.3. The molecular weight excluding hydrogens is 486 g/mol. The monoisotopic (exact) mass is 516 g/mol. The third-order valence-electron chi connectivity index (χ3n) is 7.29. The van der Waals surface area contributed by atoms with Crippen molar-refractivity contribution in [3.05, 3.63) is 77.9 Å². The molecule has 1 aromatic heterocycles. The van der Waals surface area contributed by atoms with Crippen LogP contribution in [0.15, 0.2) is 60.7 Å². The summed E-state index contributed by atoms with van der Waals surface area (Å²) in [5.74, 6) is -0.754. The Bertz CT molecular complexity index is 1470. The molecule has 0 unspecified atom stereocenters. The first-order valence-corrected chi connectivity index (χ1v) is 13.0. The number of nitrogens with one attached hydrogen (secondary N) is 1. The SMILES string of the molecule is Cc1c(-c2ccccc2F)nc2cc(F)ccc2c1Nc1cc(N2CCOCC2)ccc1N1CCOCC1. The van der Waals surface area contributed by atoms with E-state index >= 15 is 0 Å². The topological polar surface area (TPSA) is 49.9 Å². The quantitative estimate of drug-likeness (QED) is 0.356. The number of morpholine rings is 2. The van der Waals surface area contributed by atoms with Gasteiger partial charge in [-0.2, -0.15) is 0 Å². The van der Waals surface area contributed by atoms with Crippen LogP contribution < -0.4 is 15.1 Å². The number of hydrogen-bond donors (Lipinski definition) is 1. The first-order chi connectivity index (χ1) is 18.6. The molecule has 3 heterocycles. The normalized spacial score (nSPS) is 16.2. The van der Waals surface area contributed by atoms with Crippen molar-refractivity contribution in [1.29, 1.82) is 0 Å². The van der Waals surface area contributed by atoms with Gasteiger partial charge in [-0.05, 0) is 55.0 Å². The molecule has 3 aromatic carbocycles. The van der Waals surface area contributed by atoms with Crippen LogP contribution in [0, 0.1) is 18.6 Å². The third kappa shape index (κ3) is 4.77. The minimum absolute atomic E-state index is 0.367. The van der Waals surface area contributed by atoms with E-state index in [4.69, 9.17) is 14.5 Å². The largest absolute Gasteiger partial charge is 0.378 e. The Hall–Kier alpha value is -3.75. The summed E-state index contributed by atoms with van der Waals surface area (Å²) in [7, 11) is 0. The van der Waals surface area contributed by atoms with Crippen LogP contribution >= 0.6 is 0 Å². The van der Waals surface area contributed by atoms with Crippen LogP contribution in [0.3, 0.4) is 0 Å². The number of pyridine rings is 1. The predicted molar refractivity (Wildman–Crippen MR) is 148 cm³/mol. The first-order valence-electron chi connectivity index (χ1n) is 13.0. The van der Waals surface area contributed by atoms with E-state index in [0.717, 1.165) is 59.9 Å². The van der Waals surface area contributed by atoms with Gasteiger partial charge in [0.2, 0.25) is 0 Å². The summed E-state index contributed by atoms with van der Waals surface area (Å²) in [5, 5.41) is 4.46. The Morgan fingerprint density at radius 3 is 2.26 bits per heavy atom. The van der Waals surface area contributed by atoms with Gasteiger partial charge < -0.3 is 24.6 Å². The maximum Gasteiger partial charge on any atom is 0.132 e. The van der Waals surface area contributed by atoms with Crippen molar-refractivity contribution in [2.75, 3.05) is 67.7 Å². The molecule has 0 amide bonds. The molecule has 2 fully saturated rings. The van der Waals surface area contributed by atoms with Gasteiger partial charge in [0, 0.05) is 48.9 Å². The summed E-state index contributed by atoms with van der Waals surface area (Å²) >= 11 is 0. The van der Waals surface area contributed by atoms with Crippen LogP contribution in [0.25, 0.3) is 22.2 Å². The Balaban J connectivity index is 1.51. The molecule has 196 valence electrons. The first kappa shape index (κ1) is 24.6. The van der Waals surface area contributed by atoms with Crippen molar-refractivity contribution in [2.24, 2.45) is 0 Å². The number of ether oxygens (including phenoxy) is 2. The van der Waals surface area contributed by atoms with Gasteiger partial charge in [-0.15, -0.1) is 0 Å². The summed E-state index contributed by atoms with van der Waals surface area (Å²) in [4.78, 5) is 9.33. The lowest BCUT2D eigenvalue weighted by molar-refractivity contribution is 0.122. The fourth-order valence-corrected chi connectivity index (χ4v) is 5.27. The molecule has 38 heavy (non-hydrogen) atoms. The third-order valence-corrected chi connectivity index (χ3v) is 7.29. The van der Waals surface area contributed by atoms with E-state index in [1.807, 2.05) is 6.92 Å². The lowest BCUT2D eigenvalue weighted by Crippen LogP contribution is -2.37. The second-order valence-corrected chi connectivity index (χ2v) is 9.63. The molecule has 0 radical (unpaired) electrons. The van der Waals surface area contributed by atoms with Crippen molar-refractivity contribution in [3.63, 3.8) is 0 Å². The maximum absolute atomic E-state index is 14.9. The van der Waals surface area contributed by atoms with E-state index in [1.165, 1.54) is 18.2 Å². The molecule has 0 atom stereocenters. The number of rotatable bonds is 5. The predicted octanol–water partition coefficient (Wildman–Crippen LogP) is 5.91. The fraction of sp³-hybridized carbons (Fsp3) is 0.300. The van der Waals surface area contributed by atoms with Crippen LogP contribution in [0.5, 0.6) is 0 Å². The van der Waals surface area contributed by atoms with Crippen LogP contribution in [0.2, 0.25) is 0 Å². The van der Waals surface area contributed by atoms with Crippen molar-refractivity contribution in [2.45, 2.75) is 6.92 Å². The van der Waals surface area contributed by atoms with Gasteiger partial charge in [0.25, 0.3) is 0 Å². The smallest absolute Gasteiger partial charge is 0.132 e. The average Bonchev–Trinajstić information content (AvgIpc) is 2.95. The van der Waals surface area contributed by atoms with Gasteiger partial charge >= 0.3 is 0 Å². The van der Waals surface area contributed by atoms with E-state index in [2.05, 4.69) is 33.3 Å². The van der Waals surface area contributed by atoms with Crippen LogP contribution in [-0.4, -0.2) is 57.6 Å². The number of anilines is 4. The van der Waals surface area contributed by atoms with E-state index in [-0.39, 0.29) is 11.6 Å². The van der Waals surface area contributed by atoms with Crippen molar-refractivity contribution in [1.82, 2.24) is 4.98 Å². The van der Waals surface area contributed by atoms with Crippen molar-refractivity contribution >= 4 is 33.7 Å². The summed E-state index contributed by atoms with van der Waals surface area (Å²) in [5.41, 5.74) is 5.99. The highest BCUT2D eigenvalue weighted by atomic mass is 19.1. The van der Waals surface area contributed by atoms with Crippen LogP contribution in [0.4, 0.5) is 31.5 Å². The fourth-order valence-electron chi connectivity index (χ4n) is 5.27. The lowest BCUT2D eigenvalue weighted by atomic mass is 10.0. The molecule has 4 aromatic rings. The van der Waals surface area contributed by atoms with Crippen molar-refractivity contribution < 1.29 is 18.3 Å². The van der Waals surface area contributed by atoms with Gasteiger partial charge in [0.1, 0.15) is 11.6 Å². The summed E-state index contributed by atoms with van der Waals surface area (Å²) in [6, 6.07) is 17.6. The lowest BCUT2D eigenvalue weighted by Gasteiger charge is -2.33. The number of aromatic nitrogens is 1. The Kier molecular flexibility index (Phi) is 6.82. The maximum atomic E-state index is 14.9. The van der Waals surface area contributed by atoms with E-state index < -0.39 is 0 Å². The molecule has 1 N–H and O–H groups in total. The molecule has 0 bridgehead atoms. The molecule has 2 saturated heterocycles. The number of benzene rings is 3. The summed E-state index contributed by atoms with van der Waals surface area (Å²) < 4.78 is 40.4. The number of halogens is 2. The molecule has 0 aliphatic carbocycles. The van der Waals surface area contributed by atoms with Crippen LogP contribution in [0.1, 0.15) is 5.56 Å². The molecule has 0 saturated carbocycles. The van der Waals surface area contributed by atoms with E-state index in [1.54, 1.807) is 24.3 Å². The molecule has 6 nitrogen and oxygen atoms in total. The number of hydrogen-bond acceptors (Lipinski definition) is 6. The highest BCUT2D eigenvalue weighted by molar-refractivity contribution is 5.99. The molecular formula is C30H30F2N4O2. The molecule has 0 spiro atoms. The van der Waals surface area contributed by atoms with E-state index in [9.17, 15) is 8.78 Å². The summed E-state index contributed by atoms with van der Waals surface area (Å²) in [6.45, 7) is 7.87. The molecule has 2 aliphatic heterocycles. The second-order valence-electron chi connectivity index (χ2n) is 9.63. The minimum atomic E-state index is -0.386. The van der Waals surface area contributed by atoms with Crippen molar-refractivity contribution in [3.8, 4) is 11.3 Å². The summed E-state index contributed by atoms with van der Waals surface area (Å²) in [6.07, 6.45) is 0. The highest BCUT2D eigenvalue weighted by Crippen LogP contribution is 2.40. The average molecular weight is 517 g/mol. The minimum Gasteiger partial charge on any atom is -0.378 e. The zero-order valence-corrected chi connectivity index (χ0v) is 21.3. The Morgan fingerprint density at radius 1 is 0.816 bits per heavy atom. The highest BCUT2D eigenvalue weighted by Gasteiger charge is 2.21. The zero-order chi connectivity index (χ0) is 26.1. The molecule has 8 heteroatoms. The number of fused-ring (bicyclic) bond motifs is 1. The Morgan fingerprint density at radius 2 is 1.53 bits per heavy atom. The van der Waals surface area contributed by atoms with Gasteiger partial charge in [0.15, 0.2) is 0 Å². The van der Waals surface area contributed by atoms with Crippen LogP contribution in [-0.2, 0) is 9.47 Å². The second kappa shape index (κ2) is 10.6.